The monoisotopic (exact) mass is 218 g/mol. The van der Waals surface area contributed by atoms with Gasteiger partial charge in [-0.05, 0) is 18.0 Å². The lowest BCUT2D eigenvalue weighted by atomic mass is 9.84. The Morgan fingerprint density at radius 3 is 2.08 bits per heavy atom. The van der Waals surface area contributed by atoms with Gasteiger partial charge in [-0.2, -0.15) is 0 Å². The standard InChI is InChI=1S/C7H7ClF4O/c8-7(13)2-1-3(9)5(11)6(12)4(2)10/h2-6H,1H2. The van der Waals surface area contributed by atoms with Crippen LogP contribution in [0, 0.1) is 5.92 Å². The normalized spacial score (nSPS) is 46.1. The van der Waals surface area contributed by atoms with Gasteiger partial charge in [0.2, 0.25) is 5.24 Å². The quantitative estimate of drug-likeness (QED) is 0.487. The lowest BCUT2D eigenvalue weighted by molar-refractivity contribution is -0.124. The first kappa shape index (κ1) is 10.8. The molecule has 0 heterocycles. The van der Waals surface area contributed by atoms with Gasteiger partial charge in [-0.15, -0.1) is 0 Å². The van der Waals surface area contributed by atoms with E-state index in [0.717, 1.165) is 0 Å². The van der Waals surface area contributed by atoms with Crippen molar-refractivity contribution in [3.63, 3.8) is 0 Å². The summed E-state index contributed by atoms with van der Waals surface area (Å²) >= 11 is 4.90. The van der Waals surface area contributed by atoms with E-state index in [1.165, 1.54) is 0 Å². The van der Waals surface area contributed by atoms with E-state index in [-0.39, 0.29) is 0 Å². The molecule has 0 aliphatic heterocycles. The number of rotatable bonds is 1. The molecular weight excluding hydrogens is 212 g/mol. The van der Waals surface area contributed by atoms with Crippen molar-refractivity contribution >= 4 is 16.8 Å². The summed E-state index contributed by atoms with van der Waals surface area (Å²) < 4.78 is 50.6. The fourth-order valence-electron chi connectivity index (χ4n) is 1.32. The van der Waals surface area contributed by atoms with Crippen LogP contribution >= 0.6 is 11.6 Å². The zero-order valence-corrected chi connectivity index (χ0v) is 7.15. The summed E-state index contributed by atoms with van der Waals surface area (Å²) in [4.78, 5) is 10.5. The van der Waals surface area contributed by atoms with Crippen molar-refractivity contribution in [2.24, 2.45) is 5.92 Å². The van der Waals surface area contributed by atoms with E-state index in [4.69, 9.17) is 11.6 Å². The number of alkyl halides is 4. The highest BCUT2D eigenvalue weighted by Crippen LogP contribution is 2.34. The van der Waals surface area contributed by atoms with Crippen molar-refractivity contribution in [3.05, 3.63) is 0 Å². The summed E-state index contributed by atoms with van der Waals surface area (Å²) in [6, 6.07) is 0. The van der Waals surface area contributed by atoms with Crippen LogP contribution in [0.25, 0.3) is 0 Å². The smallest absolute Gasteiger partial charge is 0.227 e. The summed E-state index contributed by atoms with van der Waals surface area (Å²) in [7, 11) is 0. The number of hydrogen-bond acceptors (Lipinski definition) is 1. The minimum Gasteiger partial charge on any atom is -0.281 e. The van der Waals surface area contributed by atoms with Crippen molar-refractivity contribution in [1.29, 1.82) is 0 Å². The maximum atomic E-state index is 12.8. The van der Waals surface area contributed by atoms with Gasteiger partial charge in [0, 0.05) is 0 Å². The molecule has 6 heteroatoms. The predicted molar refractivity (Wildman–Crippen MR) is 38.6 cm³/mol. The minimum absolute atomic E-state index is 0.689. The second-order valence-electron chi connectivity index (χ2n) is 3.00. The van der Waals surface area contributed by atoms with Crippen LogP contribution in [-0.2, 0) is 4.79 Å². The van der Waals surface area contributed by atoms with Crippen LogP contribution in [0.1, 0.15) is 6.42 Å². The Labute approximate surface area is 77.1 Å². The highest BCUT2D eigenvalue weighted by atomic mass is 35.5. The zero-order chi connectivity index (χ0) is 10.2. The fourth-order valence-corrected chi connectivity index (χ4v) is 1.53. The molecule has 0 aromatic rings. The predicted octanol–water partition coefficient (Wildman–Crippen LogP) is 2.12. The van der Waals surface area contributed by atoms with Crippen molar-refractivity contribution in [2.45, 2.75) is 31.1 Å². The number of carbonyl (C=O) groups is 1. The van der Waals surface area contributed by atoms with E-state index in [9.17, 15) is 22.4 Å². The van der Waals surface area contributed by atoms with Gasteiger partial charge < -0.3 is 0 Å². The van der Waals surface area contributed by atoms with E-state index in [0.29, 0.717) is 0 Å². The first-order valence-electron chi connectivity index (χ1n) is 3.70. The van der Waals surface area contributed by atoms with Gasteiger partial charge in [0.15, 0.2) is 12.3 Å². The van der Waals surface area contributed by atoms with Crippen LogP contribution in [0.4, 0.5) is 17.6 Å². The molecule has 0 aromatic carbocycles. The molecule has 0 aromatic heterocycles. The van der Waals surface area contributed by atoms with Crippen molar-refractivity contribution in [2.75, 3.05) is 0 Å². The molecule has 5 unspecified atom stereocenters. The average Bonchev–Trinajstić information content (AvgIpc) is 2.07. The Hall–Kier alpha value is -0.320. The van der Waals surface area contributed by atoms with E-state index < -0.39 is 42.3 Å². The zero-order valence-electron chi connectivity index (χ0n) is 6.39. The molecule has 1 aliphatic carbocycles. The van der Waals surface area contributed by atoms with Gasteiger partial charge >= 0.3 is 0 Å². The molecule has 5 atom stereocenters. The molecule has 13 heavy (non-hydrogen) atoms. The molecule has 0 radical (unpaired) electrons. The number of hydrogen-bond donors (Lipinski definition) is 0. The molecule has 0 saturated heterocycles. The van der Waals surface area contributed by atoms with Gasteiger partial charge in [-0.1, -0.05) is 0 Å². The maximum absolute atomic E-state index is 12.8. The molecule has 1 saturated carbocycles. The second-order valence-corrected chi connectivity index (χ2v) is 3.37. The summed E-state index contributed by atoms with van der Waals surface area (Å²) in [6.45, 7) is 0. The van der Waals surface area contributed by atoms with Gasteiger partial charge in [-0.3, -0.25) is 4.79 Å². The second kappa shape index (κ2) is 3.82. The minimum atomic E-state index is -2.60. The molecule has 1 nitrogen and oxygen atoms in total. The Morgan fingerprint density at radius 1 is 1.08 bits per heavy atom. The topological polar surface area (TPSA) is 17.1 Å². The van der Waals surface area contributed by atoms with Crippen LogP contribution in [0.3, 0.4) is 0 Å². The summed E-state index contributed by atoms with van der Waals surface area (Å²) in [5.41, 5.74) is 0. The van der Waals surface area contributed by atoms with E-state index in [1.807, 2.05) is 0 Å². The third-order valence-electron chi connectivity index (χ3n) is 2.11. The van der Waals surface area contributed by atoms with Crippen molar-refractivity contribution in [1.82, 2.24) is 0 Å². The molecule has 76 valence electrons. The van der Waals surface area contributed by atoms with Crippen LogP contribution in [0.2, 0.25) is 0 Å². The Bertz CT molecular complexity index is 213. The third-order valence-corrected chi connectivity index (χ3v) is 2.39. The van der Waals surface area contributed by atoms with Gasteiger partial charge in [0.1, 0.15) is 12.3 Å². The number of carbonyl (C=O) groups excluding carboxylic acids is 1. The fraction of sp³-hybridized carbons (Fsp3) is 0.857. The van der Waals surface area contributed by atoms with Crippen LogP contribution in [0.15, 0.2) is 0 Å². The highest BCUT2D eigenvalue weighted by molar-refractivity contribution is 6.64. The van der Waals surface area contributed by atoms with Crippen LogP contribution in [0.5, 0.6) is 0 Å². The largest absolute Gasteiger partial charge is 0.281 e. The lowest BCUT2D eigenvalue weighted by Crippen LogP contribution is -2.47. The molecule has 0 spiro atoms. The summed E-state index contributed by atoms with van der Waals surface area (Å²) in [6.07, 6.45) is -10.3. The SMILES string of the molecule is O=C(Cl)C1CC(F)C(F)C(F)C1F. The third kappa shape index (κ3) is 1.95. The summed E-state index contributed by atoms with van der Waals surface area (Å²) in [5.74, 6) is -1.57. The van der Waals surface area contributed by atoms with E-state index >= 15 is 0 Å². The molecule has 0 amide bonds. The summed E-state index contributed by atoms with van der Waals surface area (Å²) in [5, 5.41) is -1.16. The Morgan fingerprint density at radius 2 is 1.62 bits per heavy atom. The molecule has 0 N–H and O–H groups in total. The van der Waals surface area contributed by atoms with E-state index in [2.05, 4.69) is 0 Å². The molecule has 0 bridgehead atoms. The van der Waals surface area contributed by atoms with Gasteiger partial charge in [-0.25, -0.2) is 17.6 Å². The Balaban J connectivity index is 2.76. The van der Waals surface area contributed by atoms with E-state index in [1.54, 1.807) is 0 Å². The number of halogens is 5. The van der Waals surface area contributed by atoms with Crippen LogP contribution < -0.4 is 0 Å². The molecule has 1 aliphatic rings. The average molecular weight is 219 g/mol. The van der Waals surface area contributed by atoms with Crippen LogP contribution in [-0.4, -0.2) is 29.9 Å². The Kier molecular flexibility index (Phi) is 3.16. The lowest BCUT2D eigenvalue weighted by Gasteiger charge is -2.31. The molecule has 1 fully saturated rings. The maximum Gasteiger partial charge on any atom is 0.227 e. The highest BCUT2D eigenvalue weighted by Gasteiger charge is 2.48. The van der Waals surface area contributed by atoms with Gasteiger partial charge in [0.25, 0.3) is 0 Å². The van der Waals surface area contributed by atoms with Crippen molar-refractivity contribution < 1.29 is 22.4 Å². The molecule has 1 rings (SSSR count). The first-order valence-corrected chi connectivity index (χ1v) is 4.08. The van der Waals surface area contributed by atoms with Crippen molar-refractivity contribution in [3.8, 4) is 0 Å². The molecular formula is C7H7ClF4O. The first-order chi connectivity index (χ1) is 5.95. The van der Waals surface area contributed by atoms with Gasteiger partial charge in [0.05, 0.1) is 5.92 Å².